The van der Waals surface area contributed by atoms with Gasteiger partial charge < -0.3 is 5.32 Å². The monoisotopic (exact) mass is 338 g/mol. The van der Waals surface area contributed by atoms with E-state index in [-0.39, 0.29) is 0 Å². The van der Waals surface area contributed by atoms with Gasteiger partial charge in [-0.25, -0.2) is 0 Å². The lowest BCUT2D eigenvalue weighted by molar-refractivity contribution is 0.712. The van der Waals surface area contributed by atoms with Crippen molar-refractivity contribution in [2.24, 2.45) is 0 Å². The van der Waals surface area contributed by atoms with Gasteiger partial charge in [0.15, 0.2) is 0 Å². The van der Waals surface area contributed by atoms with Gasteiger partial charge in [-0.3, -0.25) is 4.98 Å². The third-order valence-electron chi connectivity index (χ3n) is 1.66. The molecule has 0 saturated heterocycles. The Morgan fingerprint density at radius 3 is 2.93 bits per heavy atom. The van der Waals surface area contributed by atoms with Crippen molar-refractivity contribution >= 4 is 43.6 Å². The third kappa shape index (κ3) is 4.29. The highest BCUT2D eigenvalue weighted by Gasteiger charge is 2.00. The Hall–Kier alpha value is 0.420. The van der Waals surface area contributed by atoms with Crippen molar-refractivity contribution in [2.75, 3.05) is 18.6 Å². The van der Waals surface area contributed by atoms with Crippen molar-refractivity contribution in [3.63, 3.8) is 0 Å². The summed E-state index contributed by atoms with van der Waals surface area (Å²) in [6.45, 7) is 1.83. The van der Waals surface area contributed by atoms with Crippen LogP contribution in [0.5, 0.6) is 0 Å². The summed E-state index contributed by atoms with van der Waals surface area (Å²) in [5, 5.41) is 3.33. The van der Waals surface area contributed by atoms with Gasteiger partial charge in [0.2, 0.25) is 0 Å². The molecule has 1 aromatic heterocycles. The van der Waals surface area contributed by atoms with Crippen LogP contribution in [-0.4, -0.2) is 23.5 Å². The maximum atomic E-state index is 4.31. The summed E-state index contributed by atoms with van der Waals surface area (Å²) in [7, 11) is 0. The molecule has 2 nitrogen and oxygen atoms in total. The van der Waals surface area contributed by atoms with Gasteiger partial charge in [0.25, 0.3) is 0 Å². The molecule has 0 aliphatic rings. The Bertz CT molecular complexity index is 294. The van der Waals surface area contributed by atoms with E-state index in [9.17, 15) is 0 Å². The molecule has 0 unspecified atom stereocenters. The van der Waals surface area contributed by atoms with Gasteiger partial charge >= 0.3 is 0 Å². The number of pyridine rings is 1. The summed E-state index contributed by atoms with van der Waals surface area (Å²) < 4.78 is 2.04. The molecule has 0 aliphatic heterocycles. The van der Waals surface area contributed by atoms with Gasteiger partial charge in [0.1, 0.15) is 0 Å². The highest BCUT2D eigenvalue weighted by atomic mass is 79.9. The van der Waals surface area contributed by atoms with Crippen molar-refractivity contribution in [2.45, 2.75) is 6.54 Å². The lowest BCUT2D eigenvalue weighted by Crippen LogP contribution is -2.17. The third-order valence-corrected chi connectivity index (χ3v) is 3.39. The van der Waals surface area contributed by atoms with Crippen LogP contribution in [0, 0.1) is 0 Å². The number of nitrogens with one attached hydrogen (secondary N) is 1. The first kappa shape index (κ1) is 12.5. The molecule has 78 valence electrons. The van der Waals surface area contributed by atoms with E-state index in [2.05, 4.69) is 48.4 Å². The number of nitrogens with zero attached hydrogens (tertiary/aromatic N) is 1. The van der Waals surface area contributed by atoms with E-state index in [1.165, 1.54) is 0 Å². The number of hydrogen-bond acceptors (Lipinski definition) is 3. The van der Waals surface area contributed by atoms with Crippen molar-refractivity contribution in [1.82, 2.24) is 10.3 Å². The molecule has 0 bridgehead atoms. The molecule has 0 radical (unpaired) electrons. The average molecular weight is 340 g/mol. The van der Waals surface area contributed by atoms with Crippen molar-refractivity contribution in [1.29, 1.82) is 0 Å². The zero-order valence-corrected chi connectivity index (χ0v) is 11.9. The predicted octanol–water partition coefficient (Wildman–Crippen LogP) is 3.06. The standard InChI is InChI=1S/C9H12Br2N2S/c1-14-3-2-12-6-9-8(11)4-7(10)5-13-9/h4-5,12H,2-3,6H2,1H3. The summed E-state index contributed by atoms with van der Waals surface area (Å²) in [5.41, 5.74) is 1.05. The summed E-state index contributed by atoms with van der Waals surface area (Å²) in [4.78, 5) is 4.31. The molecule has 0 amide bonds. The molecule has 0 fully saturated rings. The van der Waals surface area contributed by atoms with Crippen molar-refractivity contribution in [3.05, 3.63) is 26.9 Å². The van der Waals surface area contributed by atoms with Crippen LogP contribution < -0.4 is 5.32 Å². The number of rotatable bonds is 5. The Labute approximate surface area is 106 Å². The van der Waals surface area contributed by atoms with Crippen molar-refractivity contribution in [3.8, 4) is 0 Å². The minimum atomic E-state index is 0.814. The quantitative estimate of drug-likeness (QED) is 0.834. The second-order valence-corrected chi connectivity index (χ2v) is 5.51. The molecule has 14 heavy (non-hydrogen) atoms. The van der Waals surface area contributed by atoms with Crippen LogP contribution in [0.4, 0.5) is 0 Å². The molecule has 1 rings (SSSR count). The Kier molecular flexibility index (Phi) is 6.09. The van der Waals surface area contributed by atoms with E-state index < -0.39 is 0 Å². The summed E-state index contributed by atoms with van der Waals surface area (Å²) in [6, 6.07) is 2.01. The Morgan fingerprint density at radius 2 is 2.29 bits per heavy atom. The van der Waals surface area contributed by atoms with Gasteiger partial charge in [0.05, 0.1) is 5.69 Å². The summed E-state index contributed by atoms with van der Waals surface area (Å²) in [5.74, 6) is 1.13. The lowest BCUT2D eigenvalue weighted by Gasteiger charge is -2.05. The fourth-order valence-corrected chi connectivity index (χ4v) is 2.43. The van der Waals surface area contributed by atoms with Gasteiger partial charge in [-0.15, -0.1) is 0 Å². The zero-order chi connectivity index (χ0) is 10.4. The van der Waals surface area contributed by atoms with Gasteiger partial charge in [-0.1, -0.05) is 0 Å². The summed E-state index contributed by atoms with van der Waals surface area (Å²) in [6.07, 6.45) is 3.92. The van der Waals surface area contributed by atoms with Crippen LogP contribution in [0.2, 0.25) is 0 Å². The van der Waals surface area contributed by atoms with Crippen LogP contribution in [0.25, 0.3) is 0 Å². The minimum Gasteiger partial charge on any atom is -0.310 e. The number of aromatic nitrogens is 1. The molecule has 0 aliphatic carbocycles. The molecule has 0 atom stereocenters. The molecular formula is C9H12Br2N2S. The van der Waals surface area contributed by atoms with Crippen LogP contribution in [-0.2, 0) is 6.54 Å². The van der Waals surface area contributed by atoms with E-state index in [4.69, 9.17) is 0 Å². The van der Waals surface area contributed by atoms with E-state index in [0.29, 0.717) is 0 Å². The minimum absolute atomic E-state index is 0.814. The maximum Gasteiger partial charge on any atom is 0.0684 e. The van der Waals surface area contributed by atoms with Crippen LogP contribution in [0.15, 0.2) is 21.2 Å². The number of halogens is 2. The smallest absolute Gasteiger partial charge is 0.0684 e. The predicted molar refractivity (Wildman–Crippen MR) is 69.7 cm³/mol. The molecule has 0 aromatic carbocycles. The second-order valence-electron chi connectivity index (χ2n) is 2.75. The molecule has 1 N–H and O–H groups in total. The molecule has 0 spiro atoms. The highest BCUT2D eigenvalue weighted by Crippen LogP contribution is 2.19. The molecule has 0 saturated carbocycles. The van der Waals surface area contributed by atoms with Crippen LogP contribution in [0.1, 0.15) is 5.69 Å². The van der Waals surface area contributed by atoms with E-state index in [0.717, 1.165) is 33.5 Å². The van der Waals surface area contributed by atoms with E-state index >= 15 is 0 Å². The average Bonchev–Trinajstić information content (AvgIpc) is 2.15. The normalized spacial score (nSPS) is 10.5. The molecule has 5 heteroatoms. The maximum absolute atomic E-state index is 4.31. The lowest BCUT2D eigenvalue weighted by atomic mass is 10.3. The summed E-state index contributed by atoms with van der Waals surface area (Å²) >= 11 is 8.69. The largest absolute Gasteiger partial charge is 0.310 e. The highest BCUT2D eigenvalue weighted by molar-refractivity contribution is 9.11. The first-order chi connectivity index (χ1) is 6.74. The number of thioether (sulfide) groups is 1. The van der Waals surface area contributed by atoms with Crippen molar-refractivity contribution < 1.29 is 0 Å². The van der Waals surface area contributed by atoms with Crippen LogP contribution >= 0.6 is 43.6 Å². The van der Waals surface area contributed by atoms with E-state index in [1.807, 2.05) is 24.0 Å². The second kappa shape index (κ2) is 6.82. The molecule has 1 heterocycles. The van der Waals surface area contributed by atoms with Crippen LogP contribution in [0.3, 0.4) is 0 Å². The first-order valence-corrected chi connectivity index (χ1v) is 7.21. The van der Waals surface area contributed by atoms with Gasteiger partial charge in [-0.2, -0.15) is 11.8 Å². The fourth-order valence-electron chi connectivity index (χ4n) is 0.954. The van der Waals surface area contributed by atoms with Gasteiger partial charge in [0, 0.05) is 34.0 Å². The number of hydrogen-bond donors (Lipinski definition) is 1. The Balaban J connectivity index is 2.42. The fraction of sp³-hybridized carbons (Fsp3) is 0.444. The zero-order valence-electron chi connectivity index (χ0n) is 7.89. The first-order valence-electron chi connectivity index (χ1n) is 4.23. The van der Waals surface area contributed by atoms with E-state index in [1.54, 1.807) is 0 Å². The topological polar surface area (TPSA) is 24.9 Å². The molecular weight excluding hydrogens is 328 g/mol. The molecule has 1 aromatic rings. The van der Waals surface area contributed by atoms with Gasteiger partial charge in [-0.05, 0) is 44.2 Å². The SMILES string of the molecule is CSCCNCc1ncc(Br)cc1Br. The Morgan fingerprint density at radius 1 is 1.50 bits per heavy atom.